The number of nitrogens with zero attached hydrogens (tertiary/aromatic N) is 2. The summed E-state index contributed by atoms with van der Waals surface area (Å²) in [5.41, 5.74) is -0.0266. The second kappa shape index (κ2) is 5.87. The average molecular weight is 283 g/mol. The maximum atomic E-state index is 10.9. The molecule has 0 aromatic carbocycles. The van der Waals surface area contributed by atoms with Crippen LogP contribution in [0.1, 0.15) is 61.6 Å². The van der Waals surface area contributed by atoms with E-state index in [2.05, 4.69) is 23.8 Å². The molecule has 1 heterocycles. The molecule has 1 N–H and O–H groups in total. The van der Waals surface area contributed by atoms with Crippen molar-refractivity contribution >= 4 is 17.6 Å². The van der Waals surface area contributed by atoms with E-state index in [9.17, 15) is 4.79 Å². The van der Waals surface area contributed by atoms with Crippen LogP contribution in [-0.4, -0.2) is 21.0 Å². The van der Waals surface area contributed by atoms with Crippen molar-refractivity contribution in [2.24, 2.45) is 11.8 Å². The molecule has 1 aliphatic rings. The SMILES string of the molecule is CC(C)C1CCC(c2ncc(C(=O)O)c(Cl)n2)CC1. The first-order valence-corrected chi connectivity index (χ1v) is 7.12. The van der Waals surface area contributed by atoms with E-state index in [1.165, 1.54) is 19.0 Å². The third kappa shape index (κ3) is 3.24. The molecule has 1 aromatic rings. The van der Waals surface area contributed by atoms with Gasteiger partial charge in [0.2, 0.25) is 0 Å². The molecular formula is C14H19ClN2O2. The van der Waals surface area contributed by atoms with Crippen LogP contribution in [0.3, 0.4) is 0 Å². The lowest BCUT2D eigenvalue weighted by atomic mass is 9.77. The van der Waals surface area contributed by atoms with Crippen molar-refractivity contribution < 1.29 is 9.90 Å². The molecular weight excluding hydrogens is 264 g/mol. The second-order valence-corrected chi connectivity index (χ2v) is 5.95. The molecule has 1 fully saturated rings. The largest absolute Gasteiger partial charge is 0.478 e. The Morgan fingerprint density at radius 1 is 1.37 bits per heavy atom. The van der Waals surface area contributed by atoms with Crippen LogP contribution in [0.5, 0.6) is 0 Å². The normalized spacial score (nSPS) is 23.6. The molecule has 0 spiro atoms. The van der Waals surface area contributed by atoms with E-state index in [4.69, 9.17) is 16.7 Å². The Hall–Kier alpha value is -1.16. The summed E-state index contributed by atoms with van der Waals surface area (Å²) < 4.78 is 0. The third-order valence-corrected chi connectivity index (χ3v) is 4.36. The molecule has 0 saturated heterocycles. The quantitative estimate of drug-likeness (QED) is 0.858. The molecule has 5 heteroatoms. The van der Waals surface area contributed by atoms with E-state index in [0.717, 1.165) is 24.7 Å². The first kappa shape index (κ1) is 14.3. The van der Waals surface area contributed by atoms with Gasteiger partial charge in [-0.15, -0.1) is 0 Å². The van der Waals surface area contributed by atoms with Gasteiger partial charge in [-0.2, -0.15) is 0 Å². The fraction of sp³-hybridized carbons (Fsp3) is 0.643. The number of aromatic carboxylic acids is 1. The Morgan fingerprint density at radius 2 is 2.00 bits per heavy atom. The van der Waals surface area contributed by atoms with Crippen LogP contribution in [0.15, 0.2) is 6.20 Å². The zero-order chi connectivity index (χ0) is 14.0. The number of aromatic nitrogens is 2. The predicted molar refractivity (Wildman–Crippen MR) is 73.5 cm³/mol. The number of carbonyl (C=O) groups is 1. The molecule has 0 bridgehead atoms. The Morgan fingerprint density at radius 3 is 2.47 bits per heavy atom. The van der Waals surface area contributed by atoms with Crippen molar-refractivity contribution in [3.8, 4) is 0 Å². The van der Waals surface area contributed by atoms with Crippen LogP contribution in [0, 0.1) is 11.8 Å². The lowest BCUT2D eigenvalue weighted by Crippen LogP contribution is -2.19. The lowest BCUT2D eigenvalue weighted by Gasteiger charge is -2.30. The number of carboxylic acids is 1. The minimum absolute atomic E-state index is 0.0266. The van der Waals surface area contributed by atoms with Gasteiger partial charge in [0.05, 0.1) is 0 Å². The highest BCUT2D eigenvalue weighted by Gasteiger charge is 2.26. The van der Waals surface area contributed by atoms with Crippen LogP contribution in [0.4, 0.5) is 0 Å². The summed E-state index contributed by atoms with van der Waals surface area (Å²) in [4.78, 5) is 19.2. The first-order valence-electron chi connectivity index (χ1n) is 6.74. The van der Waals surface area contributed by atoms with E-state index < -0.39 is 5.97 Å². The maximum Gasteiger partial charge on any atom is 0.340 e. The van der Waals surface area contributed by atoms with Gasteiger partial charge in [0.25, 0.3) is 0 Å². The van der Waals surface area contributed by atoms with E-state index in [1.807, 2.05) is 0 Å². The highest BCUT2D eigenvalue weighted by molar-refractivity contribution is 6.32. The number of hydrogen-bond acceptors (Lipinski definition) is 3. The molecule has 0 atom stereocenters. The van der Waals surface area contributed by atoms with Gasteiger partial charge in [0.1, 0.15) is 16.5 Å². The van der Waals surface area contributed by atoms with Crippen LogP contribution in [-0.2, 0) is 0 Å². The van der Waals surface area contributed by atoms with E-state index in [1.54, 1.807) is 0 Å². The first-order chi connectivity index (χ1) is 8.99. The van der Waals surface area contributed by atoms with Crippen LogP contribution >= 0.6 is 11.6 Å². The molecule has 0 amide bonds. The highest BCUT2D eigenvalue weighted by Crippen LogP contribution is 2.37. The third-order valence-electron chi connectivity index (χ3n) is 4.07. The van der Waals surface area contributed by atoms with Gasteiger partial charge in [-0.05, 0) is 37.5 Å². The average Bonchev–Trinajstić information content (AvgIpc) is 2.38. The molecule has 104 valence electrons. The van der Waals surface area contributed by atoms with Crippen molar-refractivity contribution in [3.05, 3.63) is 22.7 Å². The van der Waals surface area contributed by atoms with E-state index in [0.29, 0.717) is 11.7 Å². The molecule has 1 aromatic heterocycles. The van der Waals surface area contributed by atoms with Gasteiger partial charge >= 0.3 is 5.97 Å². The van der Waals surface area contributed by atoms with Gasteiger partial charge in [-0.3, -0.25) is 0 Å². The molecule has 0 unspecified atom stereocenters. The Balaban J connectivity index is 2.08. The second-order valence-electron chi connectivity index (χ2n) is 5.59. The van der Waals surface area contributed by atoms with Gasteiger partial charge < -0.3 is 5.11 Å². The fourth-order valence-corrected chi connectivity index (χ4v) is 2.97. The van der Waals surface area contributed by atoms with Crippen molar-refractivity contribution in [2.75, 3.05) is 0 Å². The van der Waals surface area contributed by atoms with Crippen LogP contribution < -0.4 is 0 Å². The number of carboxylic acid groups (broad SMARTS) is 1. The summed E-state index contributed by atoms with van der Waals surface area (Å²) in [6, 6.07) is 0. The monoisotopic (exact) mass is 282 g/mol. The fourth-order valence-electron chi connectivity index (χ4n) is 2.76. The summed E-state index contributed by atoms with van der Waals surface area (Å²) in [6.45, 7) is 4.53. The molecule has 1 saturated carbocycles. The number of rotatable bonds is 3. The Labute approximate surface area is 118 Å². The van der Waals surface area contributed by atoms with Crippen molar-refractivity contribution in [3.63, 3.8) is 0 Å². The minimum atomic E-state index is -1.08. The zero-order valence-corrected chi connectivity index (χ0v) is 12.0. The van der Waals surface area contributed by atoms with E-state index >= 15 is 0 Å². The summed E-state index contributed by atoms with van der Waals surface area (Å²) in [5.74, 6) is 1.43. The lowest BCUT2D eigenvalue weighted by molar-refractivity contribution is 0.0696. The summed E-state index contributed by atoms with van der Waals surface area (Å²) in [5, 5.41) is 8.94. The molecule has 2 rings (SSSR count). The standard InChI is InChI=1S/C14H19ClN2O2/c1-8(2)9-3-5-10(6-4-9)13-16-7-11(14(18)19)12(15)17-13/h7-10H,3-6H2,1-2H3,(H,18,19). The van der Waals surface area contributed by atoms with Crippen LogP contribution in [0.25, 0.3) is 0 Å². The Kier molecular flexibility index (Phi) is 4.40. The summed E-state index contributed by atoms with van der Waals surface area (Å²) in [7, 11) is 0. The Bertz CT molecular complexity index is 469. The number of hydrogen-bond donors (Lipinski definition) is 1. The van der Waals surface area contributed by atoms with Crippen molar-refractivity contribution in [1.29, 1.82) is 0 Å². The molecule has 1 aliphatic carbocycles. The van der Waals surface area contributed by atoms with Crippen molar-refractivity contribution in [1.82, 2.24) is 9.97 Å². The van der Waals surface area contributed by atoms with E-state index in [-0.39, 0.29) is 10.7 Å². The van der Waals surface area contributed by atoms with Gasteiger partial charge in [-0.1, -0.05) is 25.4 Å². The molecule has 4 nitrogen and oxygen atoms in total. The topological polar surface area (TPSA) is 63.1 Å². The highest BCUT2D eigenvalue weighted by atomic mass is 35.5. The minimum Gasteiger partial charge on any atom is -0.478 e. The molecule has 19 heavy (non-hydrogen) atoms. The molecule has 0 aliphatic heterocycles. The smallest absolute Gasteiger partial charge is 0.340 e. The summed E-state index contributed by atoms with van der Waals surface area (Å²) >= 11 is 5.89. The summed E-state index contributed by atoms with van der Waals surface area (Å²) in [6.07, 6.45) is 5.81. The van der Waals surface area contributed by atoms with Gasteiger partial charge in [0, 0.05) is 12.1 Å². The number of halogens is 1. The predicted octanol–water partition coefficient (Wildman–Crippen LogP) is 3.76. The maximum absolute atomic E-state index is 10.9. The zero-order valence-electron chi connectivity index (χ0n) is 11.3. The van der Waals surface area contributed by atoms with Gasteiger partial charge in [-0.25, -0.2) is 14.8 Å². The van der Waals surface area contributed by atoms with Crippen LogP contribution in [0.2, 0.25) is 5.15 Å². The van der Waals surface area contributed by atoms with Gasteiger partial charge in [0.15, 0.2) is 0 Å². The molecule has 0 radical (unpaired) electrons. The van der Waals surface area contributed by atoms with Crippen molar-refractivity contribution in [2.45, 2.75) is 45.4 Å².